The van der Waals surface area contributed by atoms with Crippen LogP contribution in [0.1, 0.15) is 19.8 Å². The maximum Gasteiger partial charge on any atom is 0.0701 e. The van der Waals surface area contributed by atoms with Crippen molar-refractivity contribution in [2.75, 3.05) is 92.9 Å². The highest BCUT2D eigenvalue weighted by molar-refractivity contribution is 4.39. The summed E-state index contributed by atoms with van der Waals surface area (Å²) >= 11 is 0. The Bertz CT molecular complexity index is 199. The average Bonchev–Trinajstić information content (AvgIpc) is 2.60. The fraction of sp³-hybridized carbons (Fsp3) is 1.00. The van der Waals surface area contributed by atoms with Crippen molar-refractivity contribution in [3.8, 4) is 0 Å². The highest BCUT2D eigenvalue weighted by atomic mass is 16.6. The highest BCUT2D eigenvalue weighted by Crippen LogP contribution is 1.88. The van der Waals surface area contributed by atoms with E-state index in [1.54, 1.807) is 0 Å². The Morgan fingerprint density at radius 3 is 1.29 bits per heavy atom. The number of nitrogens with one attached hydrogen (secondary N) is 1. The molecule has 0 unspecified atom stereocenters. The second-order valence-corrected chi connectivity index (χ2v) is 5.13. The van der Waals surface area contributed by atoms with E-state index >= 15 is 0 Å². The molecule has 0 bridgehead atoms. The van der Waals surface area contributed by atoms with Gasteiger partial charge in [-0.05, 0) is 19.9 Å². The maximum absolute atomic E-state index is 5.44. The van der Waals surface area contributed by atoms with Gasteiger partial charge in [0, 0.05) is 26.4 Å². The SMILES string of the molecule is CCCOCCCOCCOCCOCCOCCOCCNC. The van der Waals surface area contributed by atoms with Gasteiger partial charge in [-0.1, -0.05) is 6.92 Å². The predicted octanol–water partition coefficient (Wildman–Crippen LogP) is 1.11. The zero-order valence-electron chi connectivity index (χ0n) is 15.6. The third-order valence-electron chi connectivity index (χ3n) is 2.91. The molecular weight excluding hydrogens is 314 g/mol. The molecule has 0 fully saturated rings. The number of likely N-dealkylation sites (N-methyl/N-ethyl adjacent to an activating group) is 1. The second kappa shape index (κ2) is 22.7. The normalized spacial score (nSPS) is 11.2. The molecule has 0 aliphatic rings. The summed E-state index contributed by atoms with van der Waals surface area (Å²) in [5.41, 5.74) is 0. The Balaban J connectivity index is 2.93. The molecule has 146 valence electrons. The van der Waals surface area contributed by atoms with E-state index < -0.39 is 0 Å². The summed E-state index contributed by atoms with van der Waals surface area (Å²) in [5, 5.41) is 3.02. The van der Waals surface area contributed by atoms with Gasteiger partial charge < -0.3 is 33.7 Å². The van der Waals surface area contributed by atoms with E-state index in [-0.39, 0.29) is 0 Å². The van der Waals surface area contributed by atoms with Crippen LogP contribution in [0, 0.1) is 0 Å². The molecule has 0 aliphatic carbocycles. The lowest BCUT2D eigenvalue weighted by atomic mass is 10.5. The minimum atomic E-state index is 0.576. The van der Waals surface area contributed by atoms with Crippen molar-refractivity contribution in [2.45, 2.75) is 19.8 Å². The van der Waals surface area contributed by atoms with Crippen LogP contribution in [0.2, 0.25) is 0 Å². The number of hydrogen-bond donors (Lipinski definition) is 1. The Morgan fingerprint density at radius 1 is 0.500 bits per heavy atom. The third-order valence-corrected chi connectivity index (χ3v) is 2.91. The van der Waals surface area contributed by atoms with E-state index in [1.165, 1.54) is 0 Å². The predicted molar refractivity (Wildman–Crippen MR) is 93.7 cm³/mol. The topological polar surface area (TPSA) is 67.4 Å². The van der Waals surface area contributed by atoms with Crippen molar-refractivity contribution in [3.63, 3.8) is 0 Å². The lowest BCUT2D eigenvalue weighted by Crippen LogP contribution is -2.17. The summed E-state index contributed by atoms with van der Waals surface area (Å²) in [6.45, 7) is 10.8. The van der Waals surface area contributed by atoms with Gasteiger partial charge in [0.15, 0.2) is 0 Å². The van der Waals surface area contributed by atoms with Crippen molar-refractivity contribution in [3.05, 3.63) is 0 Å². The first kappa shape index (κ1) is 23.7. The van der Waals surface area contributed by atoms with E-state index in [1.807, 2.05) is 7.05 Å². The molecule has 1 N–H and O–H groups in total. The standard InChI is InChI=1S/C17H37NO6/c1-3-6-19-7-4-8-20-10-12-22-14-16-24-17-15-23-13-11-21-9-5-18-2/h18H,3-17H2,1-2H3. The van der Waals surface area contributed by atoms with Crippen molar-refractivity contribution < 1.29 is 28.4 Å². The molecular formula is C17H37NO6. The molecule has 0 saturated heterocycles. The molecule has 7 nitrogen and oxygen atoms in total. The molecule has 0 spiro atoms. The lowest BCUT2D eigenvalue weighted by Gasteiger charge is -2.08. The van der Waals surface area contributed by atoms with Gasteiger partial charge in [0.05, 0.1) is 59.5 Å². The summed E-state index contributed by atoms with van der Waals surface area (Å²) in [4.78, 5) is 0. The van der Waals surface area contributed by atoms with E-state index in [4.69, 9.17) is 28.4 Å². The van der Waals surface area contributed by atoms with Crippen LogP contribution in [-0.4, -0.2) is 92.9 Å². The Hall–Kier alpha value is -0.280. The molecule has 7 heteroatoms. The summed E-state index contributed by atoms with van der Waals surface area (Å²) in [6, 6.07) is 0. The first-order chi connectivity index (χ1) is 11.9. The number of ether oxygens (including phenoxy) is 6. The number of hydrogen-bond acceptors (Lipinski definition) is 7. The van der Waals surface area contributed by atoms with Crippen molar-refractivity contribution in [1.82, 2.24) is 5.32 Å². The van der Waals surface area contributed by atoms with Gasteiger partial charge in [0.1, 0.15) is 0 Å². The van der Waals surface area contributed by atoms with E-state index in [2.05, 4.69) is 12.2 Å². The molecule has 0 radical (unpaired) electrons. The smallest absolute Gasteiger partial charge is 0.0701 e. The van der Waals surface area contributed by atoms with Crippen LogP contribution >= 0.6 is 0 Å². The summed E-state index contributed by atoms with van der Waals surface area (Å²) in [7, 11) is 1.90. The zero-order chi connectivity index (χ0) is 17.6. The molecule has 0 amide bonds. The average molecular weight is 351 g/mol. The van der Waals surface area contributed by atoms with E-state index in [0.717, 1.165) is 39.2 Å². The molecule has 0 aromatic carbocycles. The highest BCUT2D eigenvalue weighted by Gasteiger charge is 1.94. The monoisotopic (exact) mass is 351 g/mol. The minimum Gasteiger partial charge on any atom is -0.381 e. The van der Waals surface area contributed by atoms with E-state index in [0.29, 0.717) is 59.5 Å². The Labute approximate surface area is 147 Å². The fourth-order valence-electron chi connectivity index (χ4n) is 1.67. The van der Waals surface area contributed by atoms with Gasteiger partial charge >= 0.3 is 0 Å². The molecule has 0 heterocycles. The third kappa shape index (κ3) is 21.7. The molecule has 0 aromatic heterocycles. The van der Waals surface area contributed by atoms with Gasteiger partial charge in [-0.3, -0.25) is 0 Å². The molecule has 0 rings (SSSR count). The Morgan fingerprint density at radius 2 is 0.875 bits per heavy atom. The van der Waals surface area contributed by atoms with Gasteiger partial charge in [-0.25, -0.2) is 0 Å². The van der Waals surface area contributed by atoms with Gasteiger partial charge in [-0.15, -0.1) is 0 Å². The van der Waals surface area contributed by atoms with Crippen LogP contribution in [0.5, 0.6) is 0 Å². The van der Waals surface area contributed by atoms with Crippen LogP contribution in [-0.2, 0) is 28.4 Å². The Kier molecular flexibility index (Phi) is 22.5. The largest absolute Gasteiger partial charge is 0.381 e. The van der Waals surface area contributed by atoms with Crippen LogP contribution in [0.4, 0.5) is 0 Å². The summed E-state index contributed by atoms with van der Waals surface area (Å²) in [6.07, 6.45) is 2.00. The van der Waals surface area contributed by atoms with Crippen LogP contribution in [0.25, 0.3) is 0 Å². The van der Waals surface area contributed by atoms with Crippen LogP contribution in [0.3, 0.4) is 0 Å². The van der Waals surface area contributed by atoms with Gasteiger partial charge in [-0.2, -0.15) is 0 Å². The van der Waals surface area contributed by atoms with Crippen molar-refractivity contribution in [2.24, 2.45) is 0 Å². The van der Waals surface area contributed by atoms with Crippen LogP contribution in [0.15, 0.2) is 0 Å². The van der Waals surface area contributed by atoms with E-state index in [9.17, 15) is 0 Å². The zero-order valence-corrected chi connectivity index (χ0v) is 15.6. The molecule has 24 heavy (non-hydrogen) atoms. The lowest BCUT2D eigenvalue weighted by molar-refractivity contribution is -0.0121. The number of rotatable bonds is 21. The fourth-order valence-corrected chi connectivity index (χ4v) is 1.67. The summed E-state index contributed by atoms with van der Waals surface area (Å²) in [5.74, 6) is 0. The van der Waals surface area contributed by atoms with Crippen LogP contribution < -0.4 is 5.32 Å². The molecule has 0 aliphatic heterocycles. The molecule has 0 aromatic rings. The van der Waals surface area contributed by atoms with Gasteiger partial charge in [0.2, 0.25) is 0 Å². The van der Waals surface area contributed by atoms with Crippen molar-refractivity contribution in [1.29, 1.82) is 0 Å². The van der Waals surface area contributed by atoms with Gasteiger partial charge in [0.25, 0.3) is 0 Å². The quantitative estimate of drug-likeness (QED) is 0.311. The molecule has 0 atom stereocenters. The first-order valence-corrected chi connectivity index (χ1v) is 9.02. The maximum atomic E-state index is 5.44. The minimum absolute atomic E-state index is 0.576. The molecule has 0 saturated carbocycles. The summed E-state index contributed by atoms with van der Waals surface area (Å²) < 4.78 is 32.3. The van der Waals surface area contributed by atoms with Crippen molar-refractivity contribution >= 4 is 0 Å². The second-order valence-electron chi connectivity index (χ2n) is 5.13. The first-order valence-electron chi connectivity index (χ1n) is 9.02.